The highest BCUT2D eigenvalue weighted by molar-refractivity contribution is 6.32. The van der Waals surface area contributed by atoms with Gasteiger partial charge in [0.15, 0.2) is 5.75 Å². The molecule has 0 fully saturated rings. The summed E-state index contributed by atoms with van der Waals surface area (Å²) in [5.74, 6) is -1.04. The Morgan fingerprint density at radius 1 is 1.36 bits per heavy atom. The Balaban J connectivity index is 3.02. The third kappa shape index (κ3) is 2.59. The number of halogens is 4. The van der Waals surface area contributed by atoms with Crippen molar-refractivity contribution >= 4 is 17.3 Å². The molecule has 0 amide bonds. The minimum atomic E-state index is -4.81. The molecule has 0 heterocycles. The van der Waals surface area contributed by atoms with Crippen LogP contribution in [0.5, 0.6) is 11.5 Å². The van der Waals surface area contributed by atoms with Crippen LogP contribution in [0.2, 0.25) is 5.02 Å². The van der Waals surface area contributed by atoms with E-state index in [1.54, 1.807) is 0 Å². The quantitative estimate of drug-likeness (QED) is 0.573. The summed E-state index contributed by atoms with van der Waals surface area (Å²) in [6, 6.07) is 1.65. The van der Waals surface area contributed by atoms with Gasteiger partial charge in [0, 0.05) is 12.1 Å². The van der Waals surface area contributed by atoms with Crippen LogP contribution in [0.3, 0.4) is 0 Å². The lowest BCUT2D eigenvalue weighted by Gasteiger charge is -2.10. The molecule has 1 aromatic rings. The number of nitrogen functional groups attached to an aromatic ring is 1. The average molecular weight is 228 g/mol. The number of hydrogen-bond donors (Lipinski definition) is 2. The van der Waals surface area contributed by atoms with Crippen LogP contribution in [0, 0.1) is 0 Å². The summed E-state index contributed by atoms with van der Waals surface area (Å²) >= 11 is 5.37. The van der Waals surface area contributed by atoms with Gasteiger partial charge in [-0.3, -0.25) is 0 Å². The zero-order valence-corrected chi connectivity index (χ0v) is 7.36. The Bertz CT molecular complexity index is 330. The van der Waals surface area contributed by atoms with Crippen LogP contribution in [0.4, 0.5) is 18.9 Å². The van der Waals surface area contributed by atoms with Crippen LogP contribution in [-0.4, -0.2) is 11.5 Å². The zero-order valence-electron chi connectivity index (χ0n) is 6.60. The van der Waals surface area contributed by atoms with E-state index < -0.39 is 17.9 Å². The highest BCUT2D eigenvalue weighted by Crippen LogP contribution is 2.35. The molecule has 3 nitrogen and oxygen atoms in total. The predicted molar refractivity (Wildman–Crippen MR) is 44.2 cm³/mol. The van der Waals surface area contributed by atoms with Gasteiger partial charge in [-0.1, -0.05) is 11.6 Å². The molecule has 1 aromatic carbocycles. The second-order valence-corrected chi connectivity index (χ2v) is 2.80. The van der Waals surface area contributed by atoms with Gasteiger partial charge in [0.25, 0.3) is 0 Å². The van der Waals surface area contributed by atoms with Crippen molar-refractivity contribution in [3.63, 3.8) is 0 Å². The summed E-state index contributed by atoms with van der Waals surface area (Å²) in [6.07, 6.45) is -4.81. The lowest BCUT2D eigenvalue weighted by molar-refractivity contribution is -0.274. The van der Waals surface area contributed by atoms with Crippen LogP contribution in [0.25, 0.3) is 0 Å². The van der Waals surface area contributed by atoms with Crippen molar-refractivity contribution in [2.75, 3.05) is 5.73 Å². The van der Waals surface area contributed by atoms with Crippen molar-refractivity contribution in [2.24, 2.45) is 0 Å². The topological polar surface area (TPSA) is 55.5 Å². The SMILES string of the molecule is Nc1cc(OC(F)(F)F)cc(Cl)c1O. The van der Waals surface area contributed by atoms with Crippen LogP contribution in [-0.2, 0) is 0 Å². The van der Waals surface area contributed by atoms with Crippen LogP contribution in [0.1, 0.15) is 0 Å². The molecule has 0 saturated heterocycles. The molecule has 0 spiro atoms. The average Bonchev–Trinajstić information content (AvgIpc) is 1.96. The molecule has 0 aromatic heterocycles. The van der Waals surface area contributed by atoms with E-state index in [2.05, 4.69) is 4.74 Å². The van der Waals surface area contributed by atoms with Crippen molar-refractivity contribution in [2.45, 2.75) is 6.36 Å². The van der Waals surface area contributed by atoms with Gasteiger partial charge in [-0.15, -0.1) is 13.2 Å². The maximum Gasteiger partial charge on any atom is 0.573 e. The zero-order chi connectivity index (χ0) is 10.9. The summed E-state index contributed by atoms with van der Waals surface area (Å²) in [6.45, 7) is 0. The number of hydrogen-bond acceptors (Lipinski definition) is 3. The second kappa shape index (κ2) is 3.45. The molecule has 0 atom stereocenters. The fourth-order valence-corrected chi connectivity index (χ4v) is 1.00. The lowest BCUT2D eigenvalue weighted by Crippen LogP contribution is -2.17. The summed E-state index contributed by atoms with van der Waals surface area (Å²) < 4.78 is 38.8. The highest BCUT2D eigenvalue weighted by atomic mass is 35.5. The Hall–Kier alpha value is -1.30. The van der Waals surface area contributed by atoms with Gasteiger partial charge in [0.1, 0.15) is 5.75 Å². The molecule has 0 aliphatic heterocycles. The van der Waals surface area contributed by atoms with Crippen molar-refractivity contribution < 1.29 is 23.0 Å². The Kier molecular flexibility index (Phi) is 2.66. The van der Waals surface area contributed by atoms with Crippen molar-refractivity contribution in [1.29, 1.82) is 0 Å². The molecule has 0 aliphatic rings. The fraction of sp³-hybridized carbons (Fsp3) is 0.143. The van der Waals surface area contributed by atoms with Crippen molar-refractivity contribution in [1.82, 2.24) is 0 Å². The molecule has 1 rings (SSSR count). The largest absolute Gasteiger partial charge is 0.573 e. The summed E-state index contributed by atoms with van der Waals surface area (Å²) in [5.41, 5.74) is 4.88. The summed E-state index contributed by atoms with van der Waals surface area (Å²) in [5, 5.41) is 8.73. The van der Waals surface area contributed by atoms with Gasteiger partial charge in [-0.25, -0.2) is 0 Å². The second-order valence-electron chi connectivity index (χ2n) is 2.39. The molecule has 0 unspecified atom stereocenters. The first-order valence-electron chi connectivity index (χ1n) is 3.33. The first kappa shape index (κ1) is 10.8. The van der Waals surface area contributed by atoms with E-state index in [1.807, 2.05) is 0 Å². The Morgan fingerprint density at radius 3 is 2.36 bits per heavy atom. The smallest absolute Gasteiger partial charge is 0.504 e. The molecular formula is C7H5ClF3NO2. The van der Waals surface area contributed by atoms with Crippen LogP contribution < -0.4 is 10.5 Å². The molecule has 3 N–H and O–H groups in total. The van der Waals surface area contributed by atoms with Gasteiger partial charge >= 0.3 is 6.36 Å². The first-order chi connectivity index (χ1) is 6.29. The number of ether oxygens (including phenoxy) is 1. The van der Waals surface area contributed by atoms with Gasteiger partial charge in [-0.2, -0.15) is 0 Å². The molecule has 14 heavy (non-hydrogen) atoms. The number of rotatable bonds is 1. The molecule has 0 saturated carbocycles. The van der Waals surface area contributed by atoms with E-state index in [0.717, 1.165) is 12.1 Å². The number of benzene rings is 1. The Morgan fingerprint density at radius 2 is 1.93 bits per heavy atom. The molecule has 0 aliphatic carbocycles. The van der Waals surface area contributed by atoms with Crippen LogP contribution >= 0.6 is 11.6 Å². The van der Waals surface area contributed by atoms with E-state index >= 15 is 0 Å². The van der Waals surface area contributed by atoms with E-state index in [9.17, 15) is 13.2 Å². The predicted octanol–water partition coefficient (Wildman–Crippen LogP) is 2.53. The minimum absolute atomic E-state index is 0.281. The number of phenols is 1. The fourth-order valence-electron chi connectivity index (χ4n) is 0.787. The molecule has 0 bridgehead atoms. The minimum Gasteiger partial charge on any atom is -0.504 e. The number of alkyl halides is 3. The lowest BCUT2D eigenvalue weighted by atomic mass is 10.3. The normalized spacial score (nSPS) is 11.4. The van der Waals surface area contributed by atoms with Crippen molar-refractivity contribution in [3.05, 3.63) is 17.2 Å². The summed E-state index contributed by atoms with van der Waals surface area (Å²) in [7, 11) is 0. The van der Waals surface area contributed by atoms with Gasteiger partial charge in [0.05, 0.1) is 10.7 Å². The molecular weight excluding hydrogens is 223 g/mol. The van der Waals surface area contributed by atoms with Crippen molar-refractivity contribution in [3.8, 4) is 11.5 Å². The number of nitrogens with two attached hydrogens (primary N) is 1. The van der Waals surface area contributed by atoms with Gasteiger partial charge in [0.2, 0.25) is 0 Å². The highest BCUT2D eigenvalue weighted by Gasteiger charge is 2.31. The third-order valence-corrected chi connectivity index (χ3v) is 1.59. The third-order valence-electron chi connectivity index (χ3n) is 1.30. The molecule has 78 valence electrons. The van der Waals surface area contributed by atoms with Gasteiger partial charge < -0.3 is 15.6 Å². The van der Waals surface area contributed by atoms with E-state index in [1.165, 1.54) is 0 Å². The number of aromatic hydroxyl groups is 1. The molecule has 7 heteroatoms. The van der Waals surface area contributed by atoms with E-state index in [4.69, 9.17) is 22.4 Å². The maximum atomic E-state index is 11.7. The monoisotopic (exact) mass is 227 g/mol. The van der Waals surface area contributed by atoms with E-state index in [0.29, 0.717) is 0 Å². The number of anilines is 1. The number of phenolic OH excluding ortho intramolecular Hbond substituents is 1. The van der Waals surface area contributed by atoms with Crippen LogP contribution in [0.15, 0.2) is 12.1 Å². The standard InChI is InChI=1S/C7H5ClF3NO2/c8-4-1-3(14-7(9,10)11)2-5(12)6(4)13/h1-2,13H,12H2. The first-order valence-corrected chi connectivity index (χ1v) is 3.71. The Labute approximate surface area is 81.8 Å². The summed E-state index contributed by atoms with van der Waals surface area (Å²) in [4.78, 5) is 0. The van der Waals surface area contributed by atoms with E-state index in [-0.39, 0.29) is 10.7 Å². The molecule has 0 radical (unpaired) electrons. The van der Waals surface area contributed by atoms with Gasteiger partial charge in [-0.05, 0) is 0 Å². The maximum absolute atomic E-state index is 11.7.